The number of sulfonamides is 1. The van der Waals surface area contributed by atoms with Crippen LogP contribution in [0.25, 0.3) is 0 Å². The van der Waals surface area contributed by atoms with E-state index in [2.05, 4.69) is 4.72 Å². The predicted molar refractivity (Wildman–Crippen MR) is 76.6 cm³/mol. The smallest absolute Gasteiger partial charge is 0.207 e. The first kappa shape index (κ1) is 15.9. The zero-order valence-electron chi connectivity index (χ0n) is 11.0. The van der Waals surface area contributed by atoms with E-state index in [4.69, 9.17) is 11.6 Å². The van der Waals surface area contributed by atoms with Crippen LogP contribution in [0.4, 0.5) is 8.78 Å². The van der Waals surface area contributed by atoms with Crippen molar-refractivity contribution < 1.29 is 17.2 Å². The highest BCUT2D eigenvalue weighted by atomic mass is 35.5. The van der Waals surface area contributed by atoms with E-state index in [9.17, 15) is 17.2 Å². The number of rotatable bonds is 4. The van der Waals surface area contributed by atoms with Crippen LogP contribution in [-0.4, -0.2) is 8.42 Å². The van der Waals surface area contributed by atoms with E-state index in [1.165, 1.54) is 12.1 Å². The molecule has 3 nitrogen and oxygen atoms in total. The topological polar surface area (TPSA) is 46.2 Å². The summed E-state index contributed by atoms with van der Waals surface area (Å²) in [6.07, 6.45) is 0. The minimum atomic E-state index is -3.85. The maximum absolute atomic E-state index is 13.2. The summed E-state index contributed by atoms with van der Waals surface area (Å²) in [7, 11) is -3.85. The first-order valence-electron chi connectivity index (χ1n) is 5.99. The predicted octanol–water partition coefficient (Wildman–Crippen LogP) is 3.41. The molecule has 0 atom stereocenters. The number of hydrogen-bond acceptors (Lipinski definition) is 2. The molecule has 0 saturated carbocycles. The van der Waals surface area contributed by atoms with Gasteiger partial charge in [-0.2, -0.15) is 0 Å². The van der Waals surface area contributed by atoms with E-state index in [-0.39, 0.29) is 16.5 Å². The molecule has 0 heterocycles. The van der Waals surface area contributed by atoms with Crippen LogP contribution in [0.1, 0.15) is 11.1 Å². The molecule has 0 aromatic heterocycles. The molecule has 21 heavy (non-hydrogen) atoms. The lowest BCUT2D eigenvalue weighted by molar-refractivity contribution is 0.579. The molecule has 2 aromatic rings. The van der Waals surface area contributed by atoms with E-state index in [0.29, 0.717) is 5.56 Å². The molecule has 7 heteroatoms. The zero-order valence-corrected chi connectivity index (χ0v) is 12.6. The van der Waals surface area contributed by atoms with Crippen LogP contribution in [0, 0.1) is 18.6 Å². The molecule has 0 aliphatic carbocycles. The standard InChI is InChI=1S/C14H12ClF2NO2S/c1-9-2-3-11(16)6-10(9)8-18-21(19,20)12-4-5-14(17)13(15)7-12/h2-7,18H,8H2,1H3. The average molecular weight is 332 g/mol. The highest BCUT2D eigenvalue weighted by Gasteiger charge is 2.16. The summed E-state index contributed by atoms with van der Waals surface area (Å²) in [6, 6.07) is 7.24. The molecule has 112 valence electrons. The van der Waals surface area contributed by atoms with Crippen LogP contribution in [0.2, 0.25) is 5.02 Å². The molecular weight excluding hydrogens is 320 g/mol. The van der Waals surface area contributed by atoms with E-state index in [0.717, 1.165) is 23.8 Å². The lowest BCUT2D eigenvalue weighted by Gasteiger charge is -2.09. The molecule has 1 N–H and O–H groups in total. The van der Waals surface area contributed by atoms with Crippen molar-refractivity contribution in [2.45, 2.75) is 18.4 Å². The monoisotopic (exact) mass is 331 g/mol. The normalized spacial score (nSPS) is 11.6. The number of nitrogens with one attached hydrogen (secondary N) is 1. The third-order valence-electron chi connectivity index (χ3n) is 2.97. The summed E-state index contributed by atoms with van der Waals surface area (Å²) in [6.45, 7) is 1.68. The fourth-order valence-electron chi connectivity index (χ4n) is 1.73. The summed E-state index contributed by atoms with van der Waals surface area (Å²) in [5.41, 5.74) is 1.28. The highest BCUT2D eigenvalue weighted by molar-refractivity contribution is 7.89. The lowest BCUT2D eigenvalue weighted by atomic mass is 10.1. The highest BCUT2D eigenvalue weighted by Crippen LogP contribution is 2.20. The lowest BCUT2D eigenvalue weighted by Crippen LogP contribution is -2.23. The number of benzene rings is 2. The van der Waals surface area contributed by atoms with Crippen LogP contribution in [-0.2, 0) is 16.6 Å². The van der Waals surface area contributed by atoms with Crippen molar-refractivity contribution >= 4 is 21.6 Å². The Balaban J connectivity index is 2.21. The third-order valence-corrected chi connectivity index (χ3v) is 4.65. The molecule has 0 bridgehead atoms. The van der Waals surface area contributed by atoms with Gasteiger partial charge in [0, 0.05) is 6.54 Å². The Hall–Kier alpha value is -1.50. The first-order valence-corrected chi connectivity index (χ1v) is 7.85. The first-order chi connectivity index (χ1) is 9.79. The molecule has 0 unspecified atom stereocenters. The molecule has 0 amide bonds. The van der Waals surface area contributed by atoms with Crippen molar-refractivity contribution in [2.24, 2.45) is 0 Å². The maximum atomic E-state index is 13.2. The van der Waals surface area contributed by atoms with Gasteiger partial charge >= 0.3 is 0 Å². The van der Waals surface area contributed by atoms with Crippen molar-refractivity contribution in [3.05, 3.63) is 64.2 Å². The SMILES string of the molecule is Cc1ccc(F)cc1CNS(=O)(=O)c1ccc(F)c(Cl)c1. The minimum Gasteiger partial charge on any atom is -0.207 e. The quantitative estimate of drug-likeness (QED) is 0.933. The second-order valence-corrected chi connectivity index (χ2v) is 6.65. The van der Waals surface area contributed by atoms with Gasteiger partial charge in [-0.25, -0.2) is 21.9 Å². The van der Waals surface area contributed by atoms with Gasteiger partial charge in [0.15, 0.2) is 0 Å². The Morgan fingerprint density at radius 1 is 1.14 bits per heavy atom. The van der Waals surface area contributed by atoms with Gasteiger partial charge < -0.3 is 0 Å². The van der Waals surface area contributed by atoms with Gasteiger partial charge in [-0.15, -0.1) is 0 Å². The van der Waals surface area contributed by atoms with Gasteiger partial charge in [0.25, 0.3) is 0 Å². The van der Waals surface area contributed by atoms with Crippen LogP contribution < -0.4 is 4.72 Å². The van der Waals surface area contributed by atoms with Crippen molar-refractivity contribution in [2.75, 3.05) is 0 Å². The summed E-state index contributed by atoms with van der Waals surface area (Å²) < 4.78 is 52.7. The Labute approximate surface area is 126 Å². The largest absolute Gasteiger partial charge is 0.240 e. The Kier molecular flexibility index (Phi) is 4.61. The van der Waals surface area contributed by atoms with E-state index in [1.807, 2.05) is 0 Å². The number of aryl methyl sites for hydroxylation is 1. The Bertz CT molecular complexity index is 779. The third kappa shape index (κ3) is 3.78. The molecule has 0 spiro atoms. The van der Waals surface area contributed by atoms with E-state index in [1.54, 1.807) is 13.0 Å². The number of hydrogen-bond donors (Lipinski definition) is 1. The van der Waals surface area contributed by atoms with E-state index < -0.39 is 21.7 Å². The van der Waals surface area contributed by atoms with Crippen molar-refractivity contribution in [1.29, 1.82) is 0 Å². The van der Waals surface area contributed by atoms with Crippen LogP contribution in [0.3, 0.4) is 0 Å². The van der Waals surface area contributed by atoms with Gasteiger partial charge in [0.05, 0.1) is 9.92 Å². The molecular formula is C14H12ClF2NO2S. The second-order valence-electron chi connectivity index (χ2n) is 4.47. The molecule has 0 aliphatic heterocycles. The van der Waals surface area contributed by atoms with Gasteiger partial charge in [-0.05, 0) is 48.4 Å². The molecule has 0 saturated heterocycles. The molecule has 0 fully saturated rings. The van der Waals surface area contributed by atoms with Gasteiger partial charge in [-0.3, -0.25) is 0 Å². The maximum Gasteiger partial charge on any atom is 0.240 e. The van der Waals surface area contributed by atoms with Crippen LogP contribution in [0.15, 0.2) is 41.3 Å². The van der Waals surface area contributed by atoms with Crippen molar-refractivity contribution in [3.8, 4) is 0 Å². The summed E-state index contributed by atoms with van der Waals surface area (Å²) >= 11 is 5.57. The zero-order chi connectivity index (χ0) is 15.6. The molecule has 2 rings (SSSR count). The Morgan fingerprint density at radius 3 is 2.52 bits per heavy atom. The summed E-state index contributed by atoms with van der Waals surface area (Å²) in [4.78, 5) is -0.150. The molecule has 0 radical (unpaired) electrons. The fraction of sp³-hybridized carbons (Fsp3) is 0.143. The van der Waals surface area contributed by atoms with Crippen molar-refractivity contribution in [3.63, 3.8) is 0 Å². The van der Waals surface area contributed by atoms with Gasteiger partial charge in [-0.1, -0.05) is 17.7 Å². The summed E-state index contributed by atoms with van der Waals surface area (Å²) in [5, 5.41) is -0.278. The average Bonchev–Trinajstić information content (AvgIpc) is 2.43. The second kappa shape index (κ2) is 6.09. The van der Waals surface area contributed by atoms with Crippen LogP contribution >= 0.6 is 11.6 Å². The minimum absolute atomic E-state index is 0.0685. The summed E-state index contributed by atoms with van der Waals surface area (Å²) in [5.74, 6) is -1.14. The Morgan fingerprint density at radius 2 is 1.86 bits per heavy atom. The van der Waals surface area contributed by atoms with Gasteiger partial charge in [0.2, 0.25) is 10.0 Å². The molecule has 2 aromatic carbocycles. The van der Waals surface area contributed by atoms with Crippen molar-refractivity contribution in [1.82, 2.24) is 4.72 Å². The van der Waals surface area contributed by atoms with Crippen LogP contribution in [0.5, 0.6) is 0 Å². The van der Waals surface area contributed by atoms with Gasteiger partial charge in [0.1, 0.15) is 11.6 Å². The number of halogens is 3. The van der Waals surface area contributed by atoms with E-state index >= 15 is 0 Å². The fourth-order valence-corrected chi connectivity index (χ4v) is 3.01. The molecule has 0 aliphatic rings.